The van der Waals surface area contributed by atoms with E-state index in [9.17, 15) is 4.79 Å². The summed E-state index contributed by atoms with van der Waals surface area (Å²) in [6.45, 7) is 4.40. The molecule has 0 unspecified atom stereocenters. The van der Waals surface area contributed by atoms with Crippen molar-refractivity contribution < 1.29 is 9.26 Å². The number of nitrogens with zero attached hydrogens (tertiary/aromatic N) is 3. The van der Waals surface area contributed by atoms with Crippen LogP contribution in [-0.2, 0) is 6.61 Å². The van der Waals surface area contributed by atoms with Crippen molar-refractivity contribution in [1.29, 1.82) is 0 Å². The number of rotatable bonds is 3. The van der Waals surface area contributed by atoms with E-state index >= 15 is 0 Å². The summed E-state index contributed by atoms with van der Waals surface area (Å²) in [5, 5.41) is 4.63. The fraction of sp³-hybridized carbons (Fsp3) is 0.207. The van der Waals surface area contributed by atoms with E-state index in [1.54, 1.807) is 0 Å². The van der Waals surface area contributed by atoms with Crippen molar-refractivity contribution in [2.24, 2.45) is 0 Å². The first kappa shape index (κ1) is 22.1. The van der Waals surface area contributed by atoms with Crippen molar-refractivity contribution in [3.05, 3.63) is 104 Å². The molecule has 37 heavy (non-hydrogen) atoms. The summed E-state index contributed by atoms with van der Waals surface area (Å²) < 4.78 is 13.4. The summed E-state index contributed by atoms with van der Waals surface area (Å²) in [5.74, 6) is 2.09. The van der Waals surface area contributed by atoms with Crippen LogP contribution in [0, 0.1) is 6.92 Å². The van der Waals surface area contributed by atoms with Crippen LogP contribution in [0.2, 0.25) is 5.02 Å². The fourth-order valence-corrected chi connectivity index (χ4v) is 5.54. The summed E-state index contributed by atoms with van der Waals surface area (Å²) in [4.78, 5) is 19.4. The number of aryl methyl sites for hydroxylation is 1. The van der Waals surface area contributed by atoms with E-state index in [0.717, 1.165) is 74.5 Å². The number of allylic oxidation sites excluding steroid dienone is 1. The second-order valence-corrected chi connectivity index (χ2v) is 10.1. The largest absolute Gasteiger partial charge is 0.488 e. The maximum atomic E-state index is 11.8. The number of imidazole rings is 1. The number of hydrogen-bond acceptors (Lipinski definition) is 5. The van der Waals surface area contributed by atoms with Gasteiger partial charge in [-0.25, -0.2) is 9.78 Å². The number of benzene rings is 3. The van der Waals surface area contributed by atoms with Crippen molar-refractivity contribution >= 4 is 33.8 Å². The van der Waals surface area contributed by atoms with Crippen LogP contribution in [0.1, 0.15) is 59.6 Å². The summed E-state index contributed by atoms with van der Waals surface area (Å²) in [6, 6.07) is 18.4. The van der Waals surface area contributed by atoms with Gasteiger partial charge < -0.3 is 4.74 Å². The first-order valence-electron chi connectivity index (χ1n) is 12.3. The van der Waals surface area contributed by atoms with E-state index in [0.29, 0.717) is 23.4 Å². The standard InChI is InChI=1S/C29H23ClN4O3/c1-15-5-3-8-23-24(15)25(16(2)27-32-29(35)37-33-27)20-12-11-19(13-18(20)14-36-23)34-22-7-4-6-21(30)26(22)31-28(34)17-9-10-17/h3-8,11-13,17H,9-10,14H2,1-2H3,(H,32,33,35)/b25-16-. The minimum Gasteiger partial charge on any atom is -0.488 e. The molecule has 0 amide bonds. The Morgan fingerprint density at radius 1 is 1.14 bits per heavy atom. The Balaban J connectivity index is 1.48. The second-order valence-electron chi connectivity index (χ2n) is 9.71. The Kier molecular flexibility index (Phi) is 4.91. The Hall–Kier alpha value is -4.10. The molecule has 3 heterocycles. The van der Waals surface area contributed by atoms with Gasteiger partial charge in [0.2, 0.25) is 0 Å². The molecule has 184 valence electrons. The SMILES string of the molecule is C/C(=C1\c2ccc(-n3c(C4CC4)nc4c(Cl)cccc43)cc2COc2cccc(C)c21)c1noc(=O)[nH]1. The zero-order chi connectivity index (χ0) is 25.3. The van der Waals surface area contributed by atoms with Gasteiger partial charge in [0, 0.05) is 22.7 Å². The molecule has 3 aromatic carbocycles. The molecule has 1 fully saturated rings. The van der Waals surface area contributed by atoms with Gasteiger partial charge in [-0.1, -0.05) is 41.0 Å². The summed E-state index contributed by atoms with van der Waals surface area (Å²) in [7, 11) is 0. The first-order valence-corrected chi connectivity index (χ1v) is 12.7. The average molecular weight is 511 g/mol. The number of para-hydroxylation sites is 1. The third-order valence-electron chi connectivity index (χ3n) is 7.26. The number of aromatic nitrogens is 4. The number of fused-ring (bicyclic) bond motifs is 3. The average Bonchev–Trinajstić information content (AvgIpc) is 3.57. The highest BCUT2D eigenvalue weighted by Gasteiger charge is 2.31. The van der Waals surface area contributed by atoms with Crippen molar-refractivity contribution in [2.45, 2.75) is 39.2 Å². The maximum absolute atomic E-state index is 11.8. The number of aromatic amines is 1. The number of ether oxygens (including phenoxy) is 1. The van der Waals surface area contributed by atoms with E-state index in [2.05, 4.69) is 52.0 Å². The molecule has 1 saturated carbocycles. The van der Waals surface area contributed by atoms with Crippen molar-refractivity contribution in [3.63, 3.8) is 0 Å². The van der Waals surface area contributed by atoms with Crippen LogP contribution in [0.5, 0.6) is 5.75 Å². The number of hydrogen-bond donors (Lipinski definition) is 1. The maximum Gasteiger partial charge on any atom is 0.439 e. The highest BCUT2D eigenvalue weighted by molar-refractivity contribution is 6.35. The molecule has 0 saturated heterocycles. The Labute approximate surface area is 217 Å². The fourth-order valence-electron chi connectivity index (χ4n) is 5.32. The van der Waals surface area contributed by atoms with E-state index in [4.69, 9.17) is 25.8 Å². The van der Waals surface area contributed by atoms with Crippen LogP contribution in [0.15, 0.2) is 63.9 Å². The monoisotopic (exact) mass is 510 g/mol. The Morgan fingerprint density at radius 3 is 2.76 bits per heavy atom. The number of H-pyrrole nitrogens is 1. The van der Waals surface area contributed by atoms with Gasteiger partial charge in [0.1, 0.15) is 23.7 Å². The number of nitrogens with one attached hydrogen (secondary N) is 1. The summed E-state index contributed by atoms with van der Waals surface area (Å²) in [5.41, 5.74) is 8.70. The topological polar surface area (TPSA) is 85.9 Å². The van der Waals surface area contributed by atoms with Gasteiger partial charge >= 0.3 is 5.76 Å². The number of halogens is 1. The van der Waals surface area contributed by atoms with Gasteiger partial charge in [-0.05, 0) is 79.3 Å². The lowest BCUT2D eigenvalue weighted by molar-refractivity contribution is 0.307. The molecule has 2 aromatic heterocycles. The second kappa shape index (κ2) is 8.21. The van der Waals surface area contributed by atoms with Crippen molar-refractivity contribution in [2.75, 3.05) is 0 Å². The molecule has 8 heteroatoms. The van der Waals surface area contributed by atoms with Crippen LogP contribution >= 0.6 is 11.6 Å². The molecule has 0 spiro atoms. The Morgan fingerprint density at radius 2 is 1.97 bits per heavy atom. The molecule has 0 radical (unpaired) electrons. The zero-order valence-corrected chi connectivity index (χ0v) is 21.1. The summed E-state index contributed by atoms with van der Waals surface area (Å²) in [6.07, 6.45) is 2.26. The predicted molar refractivity (Wildman–Crippen MR) is 142 cm³/mol. The molecule has 7 rings (SSSR count). The minimum atomic E-state index is -0.585. The molecular weight excluding hydrogens is 488 g/mol. The molecule has 0 bridgehead atoms. The van der Waals surface area contributed by atoms with E-state index in [1.807, 2.05) is 31.2 Å². The highest BCUT2D eigenvalue weighted by atomic mass is 35.5. The third-order valence-corrected chi connectivity index (χ3v) is 7.56. The van der Waals surface area contributed by atoms with Crippen LogP contribution in [0.3, 0.4) is 0 Å². The van der Waals surface area contributed by atoms with Gasteiger partial charge in [0.15, 0.2) is 5.82 Å². The predicted octanol–water partition coefficient (Wildman–Crippen LogP) is 6.41. The van der Waals surface area contributed by atoms with Crippen molar-refractivity contribution in [1.82, 2.24) is 19.7 Å². The molecule has 7 nitrogen and oxygen atoms in total. The lowest BCUT2D eigenvalue weighted by Gasteiger charge is -2.17. The molecule has 1 N–H and O–H groups in total. The van der Waals surface area contributed by atoms with Crippen LogP contribution in [0.25, 0.3) is 27.9 Å². The van der Waals surface area contributed by atoms with Crippen LogP contribution in [0.4, 0.5) is 0 Å². The quantitative estimate of drug-likeness (QED) is 0.303. The van der Waals surface area contributed by atoms with Crippen LogP contribution in [-0.4, -0.2) is 19.7 Å². The van der Waals surface area contributed by atoms with E-state index in [1.165, 1.54) is 0 Å². The lowest BCUT2D eigenvalue weighted by atomic mass is 9.88. The van der Waals surface area contributed by atoms with Gasteiger partial charge in [0.25, 0.3) is 0 Å². The molecule has 1 aliphatic heterocycles. The normalized spacial score (nSPS) is 16.2. The minimum absolute atomic E-state index is 0.400. The van der Waals surface area contributed by atoms with Crippen molar-refractivity contribution in [3.8, 4) is 11.4 Å². The molecule has 5 aromatic rings. The molecule has 0 atom stereocenters. The van der Waals surface area contributed by atoms with Gasteiger partial charge in [-0.3, -0.25) is 14.1 Å². The van der Waals surface area contributed by atoms with Gasteiger partial charge in [-0.15, -0.1) is 0 Å². The molecule has 2 aliphatic rings. The molecule has 1 aliphatic carbocycles. The lowest BCUT2D eigenvalue weighted by Crippen LogP contribution is -2.04. The zero-order valence-electron chi connectivity index (χ0n) is 20.3. The van der Waals surface area contributed by atoms with Crippen LogP contribution < -0.4 is 10.5 Å². The smallest absolute Gasteiger partial charge is 0.439 e. The summed E-state index contributed by atoms with van der Waals surface area (Å²) >= 11 is 6.53. The Bertz CT molecular complexity index is 1810. The third kappa shape index (κ3) is 3.53. The first-order chi connectivity index (χ1) is 18.0. The highest BCUT2D eigenvalue weighted by Crippen LogP contribution is 2.45. The molecular formula is C29H23ClN4O3. The van der Waals surface area contributed by atoms with E-state index in [-0.39, 0.29) is 0 Å². The van der Waals surface area contributed by atoms with Gasteiger partial charge in [-0.2, -0.15) is 0 Å². The van der Waals surface area contributed by atoms with Gasteiger partial charge in [0.05, 0.1) is 10.5 Å². The van der Waals surface area contributed by atoms with E-state index < -0.39 is 5.76 Å².